The molecule has 2 aromatic carbocycles. The molecule has 1 amide bonds. The monoisotopic (exact) mass is 646 g/mol. The van der Waals surface area contributed by atoms with Gasteiger partial charge in [0, 0.05) is 42.8 Å². The molecule has 5 rings (SSSR count). The van der Waals surface area contributed by atoms with Gasteiger partial charge < -0.3 is 15.4 Å². The van der Waals surface area contributed by atoms with E-state index in [1.54, 1.807) is 0 Å². The van der Waals surface area contributed by atoms with Gasteiger partial charge in [0.25, 0.3) is 0 Å². The summed E-state index contributed by atoms with van der Waals surface area (Å²) in [7, 11) is -3.95. The Balaban J connectivity index is 1.29. The number of nitrogens with one attached hydrogen (secondary N) is 2. The first-order valence-corrected chi connectivity index (χ1v) is 15.8. The largest absolute Gasteiger partial charge is 0.379 e. The lowest BCUT2D eigenvalue weighted by Gasteiger charge is -2.26. The molecule has 2 aliphatic rings. The van der Waals surface area contributed by atoms with Gasteiger partial charge >= 0.3 is 0 Å². The third kappa shape index (κ3) is 7.46. The predicted octanol–water partition coefficient (Wildman–Crippen LogP) is 3.26. The first kappa shape index (κ1) is 29.5. The Morgan fingerprint density at radius 2 is 1.78 bits per heavy atom. The van der Waals surface area contributed by atoms with E-state index in [1.807, 2.05) is 30.3 Å². The maximum Gasteiger partial charge on any atom is 0.243 e. The number of benzene rings is 2. The fourth-order valence-electron chi connectivity index (χ4n) is 4.91. The van der Waals surface area contributed by atoms with Gasteiger partial charge in [0.2, 0.25) is 21.9 Å². The smallest absolute Gasteiger partial charge is 0.243 e. The number of carbonyl (C=O) groups is 1. The summed E-state index contributed by atoms with van der Waals surface area (Å²) in [5, 5.41) is 6.18. The van der Waals surface area contributed by atoms with Crippen LogP contribution in [0.2, 0.25) is 0 Å². The minimum atomic E-state index is -3.95. The van der Waals surface area contributed by atoms with Gasteiger partial charge in [-0.15, -0.1) is 0 Å². The highest BCUT2D eigenvalue weighted by molar-refractivity contribution is 9.10. The molecular weight excluding hydrogens is 615 g/mol. The van der Waals surface area contributed by atoms with Crippen molar-refractivity contribution in [2.75, 3.05) is 51.3 Å². The molecule has 0 aliphatic carbocycles. The summed E-state index contributed by atoms with van der Waals surface area (Å²) in [5.41, 5.74) is 2.19. The van der Waals surface area contributed by atoms with Crippen LogP contribution in [-0.4, -0.2) is 85.5 Å². The molecule has 2 fully saturated rings. The first-order chi connectivity index (χ1) is 19.8. The zero-order chi connectivity index (χ0) is 28.8. The molecule has 10 nitrogen and oxygen atoms in total. The van der Waals surface area contributed by atoms with Crippen molar-refractivity contribution < 1.29 is 22.3 Å². The number of amides is 1. The Kier molecular flexibility index (Phi) is 9.60. The van der Waals surface area contributed by atoms with Gasteiger partial charge in [0.15, 0.2) is 0 Å². The highest BCUT2D eigenvalue weighted by atomic mass is 79.9. The number of anilines is 1. The van der Waals surface area contributed by atoms with Crippen molar-refractivity contribution in [3.05, 3.63) is 70.6 Å². The van der Waals surface area contributed by atoms with E-state index in [4.69, 9.17) is 9.72 Å². The normalized spacial score (nSPS) is 18.3. The fraction of sp³-hybridized carbons (Fsp3) is 0.393. The van der Waals surface area contributed by atoms with Crippen LogP contribution in [0.5, 0.6) is 0 Å². The van der Waals surface area contributed by atoms with Crippen molar-refractivity contribution in [3.63, 3.8) is 0 Å². The number of sulfonamides is 1. The molecule has 0 bridgehead atoms. The maximum atomic E-state index is 13.4. The average molecular weight is 648 g/mol. The molecule has 3 aromatic rings. The number of rotatable bonds is 10. The first-order valence-electron chi connectivity index (χ1n) is 13.5. The summed E-state index contributed by atoms with van der Waals surface area (Å²) in [6, 6.07) is 13.4. The van der Waals surface area contributed by atoms with Crippen LogP contribution in [0.3, 0.4) is 0 Å². The second kappa shape index (κ2) is 13.3. The predicted molar refractivity (Wildman–Crippen MR) is 156 cm³/mol. The van der Waals surface area contributed by atoms with Crippen LogP contribution in [0, 0.1) is 5.82 Å². The van der Waals surface area contributed by atoms with Gasteiger partial charge in [-0.2, -0.15) is 4.31 Å². The number of ether oxygens (including phenoxy) is 1. The fourth-order valence-corrected chi connectivity index (χ4v) is 6.83. The minimum absolute atomic E-state index is 0.0404. The van der Waals surface area contributed by atoms with Crippen LogP contribution < -0.4 is 10.6 Å². The summed E-state index contributed by atoms with van der Waals surface area (Å²) in [6.45, 7) is 5.00. The Bertz CT molecular complexity index is 1450. The number of aromatic nitrogens is 2. The van der Waals surface area contributed by atoms with Crippen molar-refractivity contribution >= 4 is 37.8 Å². The number of nitrogens with zero attached hydrogens (tertiary/aromatic N) is 4. The second-order valence-corrected chi connectivity index (χ2v) is 12.7. The quantitative estimate of drug-likeness (QED) is 0.345. The van der Waals surface area contributed by atoms with Gasteiger partial charge in [-0.1, -0.05) is 28.1 Å². The van der Waals surface area contributed by atoms with Gasteiger partial charge in [0.1, 0.15) is 11.9 Å². The lowest BCUT2D eigenvalue weighted by molar-refractivity contribution is -0.124. The topological polar surface area (TPSA) is 117 Å². The van der Waals surface area contributed by atoms with E-state index >= 15 is 0 Å². The Hall–Kier alpha value is -2.97. The van der Waals surface area contributed by atoms with Crippen LogP contribution in [0.25, 0.3) is 11.3 Å². The zero-order valence-corrected chi connectivity index (χ0v) is 24.8. The van der Waals surface area contributed by atoms with E-state index in [0.29, 0.717) is 36.7 Å². The maximum absolute atomic E-state index is 13.4. The van der Waals surface area contributed by atoms with Gasteiger partial charge in [0.05, 0.1) is 36.0 Å². The molecule has 0 spiro atoms. The molecule has 2 aliphatic heterocycles. The molecule has 0 radical (unpaired) electrons. The summed E-state index contributed by atoms with van der Waals surface area (Å²) in [4.78, 5) is 24.8. The average Bonchev–Trinajstić information content (AvgIpc) is 3.48. The lowest BCUT2D eigenvalue weighted by Crippen LogP contribution is -2.45. The Labute approximate surface area is 247 Å². The molecule has 0 saturated carbocycles. The third-order valence-electron chi connectivity index (χ3n) is 7.10. The number of carbonyl (C=O) groups excluding carboxylic acids is 1. The third-order valence-corrected chi connectivity index (χ3v) is 9.56. The van der Waals surface area contributed by atoms with E-state index < -0.39 is 27.8 Å². The second-order valence-electron chi connectivity index (χ2n) is 9.90. The van der Waals surface area contributed by atoms with E-state index in [1.165, 1.54) is 16.4 Å². The lowest BCUT2D eigenvalue weighted by atomic mass is 10.1. The van der Waals surface area contributed by atoms with E-state index in [2.05, 4.69) is 36.4 Å². The highest BCUT2D eigenvalue weighted by Gasteiger charge is 2.39. The molecule has 2 N–H and O–H groups in total. The molecular formula is C28H32BrFN6O4S. The standard InChI is InChI=1S/C28H32BrFN6O4S/c29-21-5-3-20(4-6-21)25-18-23(33-28(34-25)31-11-13-35-14-16-40-17-15-35)19-32-27(37)26-2-1-12-36(26)41(38,39)24-9-7-22(30)8-10-24/h3-10,18,26H,1-2,11-17,19H2,(H,32,37)(H,31,33,34)/t26-/m0/s1. The minimum Gasteiger partial charge on any atom is -0.379 e. The number of hydrogen-bond donors (Lipinski definition) is 2. The van der Waals surface area contributed by atoms with Crippen molar-refractivity contribution in [1.82, 2.24) is 24.5 Å². The van der Waals surface area contributed by atoms with Gasteiger partial charge in [-0.05, 0) is 55.3 Å². The Morgan fingerprint density at radius 1 is 1.05 bits per heavy atom. The van der Waals surface area contributed by atoms with Crippen molar-refractivity contribution in [2.24, 2.45) is 0 Å². The van der Waals surface area contributed by atoms with Gasteiger partial charge in [-0.25, -0.2) is 22.8 Å². The highest BCUT2D eigenvalue weighted by Crippen LogP contribution is 2.27. The molecule has 41 heavy (non-hydrogen) atoms. The molecule has 218 valence electrons. The molecule has 0 unspecified atom stereocenters. The van der Waals surface area contributed by atoms with E-state index in [-0.39, 0.29) is 18.0 Å². The zero-order valence-electron chi connectivity index (χ0n) is 22.4. The Morgan fingerprint density at radius 3 is 2.51 bits per heavy atom. The van der Waals surface area contributed by atoms with Crippen LogP contribution in [0.15, 0.2) is 64.0 Å². The summed E-state index contributed by atoms with van der Waals surface area (Å²) >= 11 is 3.46. The van der Waals surface area contributed by atoms with Crippen LogP contribution in [0.4, 0.5) is 10.3 Å². The van der Waals surface area contributed by atoms with E-state index in [9.17, 15) is 17.6 Å². The number of hydrogen-bond acceptors (Lipinski definition) is 8. The van der Waals surface area contributed by atoms with Crippen LogP contribution in [-0.2, 0) is 26.1 Å². The summed E-state index contributed by atoms with van der Waals surface area (Å²) < 4.78 is 47.3. The summed E-state index contributed by atoms with van der Waals surface area (Å²) in [5.74, 6) is -0.481. The molecule has 3 heterocycles. The van der Waals surface area contributed by atoms with E-state index in [0.717, 1.165) is 55.0 Å². The van der Waals surface area contributed by atoms with Crippen molar-refractivity contribution in [2.45, 2.75) is 30.3 Å². The van der Waals surface area contributed by atoms with Crippen molar-refractivity contribution in [3.8, 4) is 11.3 Å². The van der Waals surface area contributed by atoms with Crippen LogP contribution >= 0.6 is 15.9 Å². The van der Waals surface area contributed by atoms with Gasteiger partial charge in [-0.3, -0.25) is 9.69 Å². The number of morpholine rings is 1. The SMILES string of the molecule is O=C(NCc1cc(-c2ccc(Br)cc2)nc(NCCN2CCOCC2)n1)[C@@H]1CCCN1S(=O)(=O)c1ccc(F)cc1. The molecule has 1 aromatic heterocycles. The molecule has 13 heteroatoms. The molecule has 2 saturated heterocycles. The molecule has 1 atom stereocenters. The van der Waals surface area contributed by atoms with Crippen LogP contribution in [0.1, 0.15) is 18.5 Å². The summed E-state index contributed by atoms with van der Waals surface area (Å²) in [6.07, 6.45) is 0.950. The number of halogens is 2. The van der Waals surface area contributed by atoms with Crippen molar-refractivity contribution in [1.29, 1.82) is 0 Å².